The van der Waals surface area contributed by atoms with Gasteiger partial charge in [-0.2, -0.15) is 0 Å². The molecule has 0 aromatic rings. The average Bonchev–Trinajstić information content (AvgIpc) is 2.09. The largest absolute Gasteiger partial charge is 0.375 e. The zero-order valence-corrected chi connectivity index (χ0v) is 8.93. The molecule has 1 rings (SSSR count). The fourth-order valence-electron chi connectivity index (χ4n) is 1.92. The second-order valence-corrected chi connectivity index (χ2v) is 4.13. The normalized spacial score (nSPS) is 23.5. The SMILES string of the molecule is [CH2]C(CC)OC1CCCCCCC1. The second-order valence-electron chi connectivity index (χ2n) is 4.13. The van der Waals surface area contributed by atoms with Crippen LogP contribution in [0.4, 0.5) is 0 Å². The third kappa shape index (κ3) is 4.66. The van der Waals surface area contributed by atoms with Crippen LogP contribution < -0.4 is 0 Å². The minimum Gasteiger partial charge on any atom is -0.375 e. The quantitative estimate of drug-likeness (QED) is 0.648. The molecule has 0 aromatic heterocycles. The third-order valence-electron chi connectivity index (χ3n) is 2.89. The highest BCUT2D eigenvalue weighted by Gasteiger charge is 2.13. The molecule has 0 amide bonds. The van der Waals surface area contributed by atoms with E-state index in [9.17, 15) is 0 Å². The van der Waals surface area contributed by atoms with Crippen molar-refractivity contribution in [3.05, 3.63) is 6.92 Å². The van der Waals surface area contributed by atoms with Crippen molar-refractivity contribution in [1.82, 2.24) is 0 Å². The second kappa shape index (κ2) is 6.42. The molecule has 13 heavy (non-hydrogen) atoms. The lowest BCUT2D eigenvalue weighted by Gasteiger charge is -2.23. The predicted octanol–water partition coefficient (Wildman–Crippen LogP) is 3.73. The smallest absolute Gasteiger partial charge is 0.0578 e. The highest BCUT2D eigenvalue weighted by Crippen LogP contribution is 2.20. The molecule has 0 aliphatic heterocycles. The molecule has 1 aliphatic rings. The van der Waals surface area contributed by atoms with Crippen molar-refractivity contribution in [2.24, 2.45) is 0 Å². The Hall–Kier alpha value is -0.0400. The third-order valence-corrected chi connectivity index (χ3v) is 2.89. The van der Waals surface area contributed by atoms with Gasteiger partial charge in [-0.25, -0.2) is 0 Å². The summed E-state index contributed by atoms with van der Waals surface area (Å²) in [4.78, 5) is 0. The highest BCUT2D eigenvalue weighted by molar-refractivity contribution is 4.67. The lowest BCUT2D eigenvalue weighted by molar-refractivity contribution is -0.00386. The van der Waals surface area contributed by atoms with Crippen molar-refractivity contribution in [2.75, 3.05) is 0 Å². The van der Waals surface area contributed by atoms with Gasteiger partial charge in [0.05, 0.1) is 12.2 Å². The van der Waals surface area contributed by atoms with Crippen molar-refractivity contribution in [2.45, 2.75) is 70.5 Å². The van der Waals surface area contributed by atoms with E-state index in [0.29, 0.717) is 6.10 Å². The zero-order chi connectivity index (χ0) is 9.52. The molecule has 1 radical (unpaired) electrons. The molecule has 1 saturated carbocycles. The average molecular weight is 183 g/mol. The molecule has 1 aliphatic carbocycles. The molecule has 0 heterocycles. The van der Waals surface area contributed by atoms with Gasteiger partial charge in [-0.15, -0.1) is 0 Å². The molecule has 0 saturated heterocycles. The zero-order valence-electron chi connectivity index (χ0n) is 8.93. The number of hydrogen-bond donors (Lipinski definition) is 0. The molecule has 1 nitrogen and oxygen atoms in total. The van der Waals surface area contributed by atoms with Gasteiger partial charge in [0.25, 0.3) is 0 Å². The van der Waals surface area contributed by atoms with Gasteiger partial charge in [0, 0.05) is 0 Å². The van der Waals surface area contributed by atoms with Crippen molar-refractivity contribution < 1.29 is 4.74 Å². The van der Waals surface area contributed by atoms with E-state index >= 15 is 0 Å². The van der Waals surface area contributed by atoms with Gasteiger partial charge in [-0.3, -0.25) is 0 Å². The Morgan fingerprint density at radius 3 is 2.23 bits per heavy atom. The van der Waals surface area contributed by atoms with Crippen LogP contribution in [0, 0.1) is 6.92 Å². The van der Waals surface area contributed by atoms with Crippen LogP contribution in [-0.4, -0.2) is 12.2 Å². The maximum Gasteiger partial charge on any atom is 0.0578 e. The summed E-state index contributed by atoms with van der Waals surface area (Å²) in [6.07, 6.45) is 11.2. The number of rotatable bonds is 3. The molecule has 0 spiro atoms. The van der Waals surface area contributed by atoms with Crippen LogP contribution in [-0.2, 0) is 4.74 Å². The number of ether oxygens (including phenoxy) is 1. The van der Waals surface area contributed by atoms with Crippen molar-refractivity contribution in [1.29, 1.82) is 0 Å². The first-order valence-corrected chi connectivity index (χ1v) is 5.81. The van der Waals surface area contributed by atoms with E-state index in [0.717, 1.165) is 6.42 Å². The summed E-state index contributed by atoms with van der Waals surface area (Å²) in [5.41, 5.74) is 0. The molecule has 1 atom stereocenters. The molecule has 0 bridgehead atoms. The maximum atomic E-state index is 5.86. The van der Waals surface area contributed by atoms with E-state index in [-0.39, 0.29) is 6.10 Å². The maximum absolute atomic E-state index is 5.86. The van der Waals surface area contributed by atoms with Crippen LogP contribution in [0.5, 0.6) is 0 Å². The Morgan fingerprint density at radius 2 is 1.69 bits per heavy atom. The molecule has 1 heteroatoms. The van der Waals surface area contributed by atoms with Crippen LogP contribution >= 0.6 is 0 Å². The van der Waals surface area contributed by atoms with E-state index in [1.165, 1.54) is 44.9 Å². The topological polar surface area (TPSA) is 9.23 Å². The predicted molar refractivity (Wildman–Crippen MR) is 56.6 cm³/mol. The summed E-state index contributed by atoms with van der Waals surface area (Å²) >= 11 is 0. The molecule has 77 valence electrons. The summed E-state index contributed by atoms with van der Waals surface area (Å²) < 4.78 is 5.86. The van der Waals surface area contributed by atoms with Gasteiger partial charge in [-0.05, 0) is 26.2 Å². The molecule has 0 N–H and O–H groups in total. The first-order chi connectivity index (χ1) is 6.33. The van der Waals surface area contributed by atoms with Crippen LogP contribution in [0.1, 0.15) is 58.3 Å². The summed E-state index contributed by atoms with van der Waals surface area (Å²) in [5.74, 6) is 0. The molecule has 1 unspecified atom stereocenters. The first kappa shape index (κ1) is 11.0. The standard InChI is InChI=1S/C12H23O/c1-3-11(2)13-12-9-7-5-4-6-8-10-12/h11-12H,2-10H2,1H3. The van der Waals surface area contributed by atoms with E-state index in [1.807, 2.05) is 0 Å². The minimum absolute atomic E-state index is 0.212. The Morgan fingerprint density at radius 1 is 1.15 bits per heavy atom. The number of hydrogen-bond acceptors (Lipinski definition) is 1. The van der Waals surface area contributed by atoms with Crippen LogP contribution in [0.15, 0.2) is 0 Å². The fraction of sp³-hybridized carbons (Fsp3) is 0.917. The molecule has 1 fully saturated rings. The van der Waals surface area contributed by atoms with Gasteiger partial charge in [0.1, 0.15) is 0 Å². The summed E-state index contributed by atoms with van der Waals surface area (Å²) in [6, 6.07) is 0. The van der Waals surface area contributed by atoms with Gasteiger partial charge in [0.15, 0.2) is 0 Å². The van der Waals surface area contributed by atoms with Crippen LogP contribution in [0.3, 0.4) is 0 Å². The van der Waals surface area contributed by atoms with Gasteiger partial charge < -0.3 is 4.74 Å². The Labute approximate surface area is 82.9 Å². The van der Waals surface area contributed by atoms with E-state index in [1.54, 1.807) is 0 Å². The lowest BCUT2D eigenvalue weighted by Crippen LogP contribution is -2.20. The summed E-state index contributed by atoms with van der Waals surface area (Å²) in [5, 5.41) is 0. The van der Waals surface area contributed by atoms with Crippen molar-refractivity contribution in [3.8, 4) is 0 Å². The summed E-state index contributed by atoms with van der Waals surface area (Å²) in [7, 11) is 0. The van der Waals surface area contributed by atoms with Gasteiger partial charge >= 0.3 is 0 Å². The minimum atomic E-state index is 0.212. The molecule has 0 aromatic carbocycles. The van der Waals surface area contributed by atoms with Gasteiger partial charge in [-0.1, -0.05) is 39.0 Å². The monoisotopic (exact) mass is 183 g/mol. The van der Waals surface area contributed by atoms with Crippen LogP contribution in [0.25, 0.3) is 0 Å². The molecular formula is C12H23O. The van der Waals surface area contributed by atoms with E-state index in [4.69, 9.17) is 4.74 Å². The van der Waals surface area contributed by atoms with Crippen molar-refractivity contribution >= 4 is 0 Å². The Bertz CT molecular complexity index is 114. The van der Waals surface area contributed by atoms with E-state index < -0.39 is 0 Å². The Kier molecular flexibility index (Phi) is 5.45. The Balaban J connectivity index is 2.21. The summed E-state index contributed by atoms with van der Waals surface area (Å²) in [6.45, 7) is 6.12. The van der Waals surface area contributed by atoms with Crippen LogP contribution in [0.2, 0.25) is 0 Å². The first-order valence-electron chi connectivity index (χ1n) is 5.81. The fourth-order valence-corrected chi connectivity index (χ4v) is 1.92. The van der Waals surface area contributed by atoms with E-state index in [2.05, 4.69) is 13.8 Å². The highest BCUT2D eigenvalue weighted by atomic mass is 16.5. The molecular weight excluding hydrogens is 160 g/mol. The lowest BCUT2D eigenvalue weighted by atomic mass is 9.98. The van der Waals surface area contributed by atoms with Crippen molar-refractivity contribution in [3.63, 3.8) is 0 Å². The van der Waals surface area contributed by atoms with Gasteiger partial charge in [0.2, 0.25) is 0 Å².